The summed E-state index contributed by atoms with van der Waals surface area (Å²) in [6.07, 6.45) is 0.799. The van der Waals surface area contributed by atoms with Gasteiger partial charge in [-0.1, -0.05) is 13.8 Å². The summed E-state index contributed by atoms with van der Waals surface area (Å²) in [6.45, 7) is 8.73. The van der Waals surface area contributed by atoms with E-state index in [9.17, 15) is 0 Å². The van der Waals surface area contributed by atoms with Crippen LogP contribution in [0.5, 0.6) is 0 Å². The van der Waals surface area contributed by atoms with Gasteiger partial charge in [0.2, 0.25) is 5.13 Å². The minimum absolute atomic E-state index is 0.626. The molecule has 0 amide bonds. The molecule has 0 fully saturated rings. The van der Waals surface area contributed by atoms with E-state index in [1.54, 1.807) is 0 Å². The van der Waals surface area contributed by atoms with Crippen LogP contribution in [-0.2, 0) is 11.2 Å². The highest BCUT2D eigenvalue weighted by Crippen LogP contribution is 2.11. The van der Waals surface area contributed by atoms with Crippen LogP contribution >= 0.6 is 11.5 Å². The quantitative estimate of drug-likeness (QED) is 0.728. The first kappa shape index (κ1) is 12.4. The van der Waals surface area contributed by atoms with Crippen LogP contribution in [0.25, 0.3) is 0 Å². The van der Waals surface area contributed by atoms with Crippen molar-refractivity contribution in [2.45, 2.75) is 27.2 Å². The summed E-state index contributed by atoms with van der Waals surface area (Å²) in [4.78, 5) is 4.37. The highest BCUT2D eigenvalue weighted by Gasteiger charge is 2.03. The van der Waals surface area contributed by atoms with Gasteiger partial charge in [0.1, 0.15) is 5.82 Å². The van der Waals surface area contributed by atoms with Gasteiger partial charge in [-0.2, -0.15) is 4.37 Å². The number of hydrogen-bond acceptors (Lipinski definition) is 5. The second kappa shape index (κ2) is 6.74. The van der Waals surface area contributed by atoms with Crippen molar-refractivity contribution in [2.75, 3.05) is 25.1 Å². The molecule has 0 saturated carbocycles. The SMILES string of the molecule is CCOCCc1nsc(NCC(C)C)n1. The van der Waals surface area contributed by atoms with E-state index >= 15 is 0 Å². The van der Waals surface area contributed by atoms with Gasteiger partial charge in [-0.3, -0.25) is 0 Å². The van der Waals surface area contributed by atoms with Gasteiger partial charge in [0, 0.05) is 31.1 Å². The summed E-state index contributed by atoms with van der Waals surface area (Å²) in [5.41, 5.74) is 0. The lowest BCUT2D eigenvalue weighted by Crippen LogP contribution is -2.07. The van der Waals surface area contributed by atoms with Crippen LogP contribution in [0.1, 0.15) is 26.6 Å². The molecule has 4 nitrogen and oxygen atoms in total. The van der Waals surface area contributed by atoms with Crippen molar-refractivity contribution in [3.8, 4) is 0 Å². The summed E-state index contributed by atoms with van der Waals surface area (Å²) in [5, 5.41) is 4.17. The van der Waals surface area contributed by atoms with Crippen molar-refractivity contribution < 1.29 is 4.74 Å². The second-order valence-electron chi connectivity index (χ2n) is 3.74. The van der Waals surface area contributed by atoms with Crippen LogP contribution < -0.4 is 5.32 Å². The first-order valence-electron chi connectivity index (χ1n) is 5.36. The molecule has 0 aliphatic heterocycles. The van der Waals surface area contributed by atoms with E-state index in [4.69, 9.17) is 4.74 Å². The van der Waals surface area contributed by atoms with E-state index in [1.807, 2.05) is 6.92 Å². The normalized spacial score (nSPS) is 10.9. The third kappa shape index (κ3) is 5.09. The lowest BCUT2D eigenvalue weighted by atomic mass is 10.2. The number of aromatic nitrogens is 2. The minimum atomic E-state index is 0.626. The van der Waals surface area contributed by atoms with Crippen LogP contribution in [0.2, 0.25) is 0 Å². The fraction of sp³-hybridized carbons (Fsp3) is 0.800. The van der Waals surface area contributed by atoms with Gasteiger partial charge in [-0.15, -0.1) is 0 Å². The van der Waals surface area contributed by atoms with Crippen molar-refractivity contribution >= 4 is 16.7 Å². The van der Waals surface area contributed by atoms with Gasteiger partial charge >= 0.3 is 0 Å². The Hall–Kier alpha value is -0.680. The number of hydrogen-bond donors (Lipinski definition) is 1. The highest BCUT2D eigenvalue weighted by molar-refractivity contribution is 7.09. The average Bonchev–Trinajstić information content (AvgIpc) is 2.63. The molecule has 0 aliphatic carbocycles. The maximum atomic E-state index is 5.25. The average molecular weight is 229 g/mol. The first-order valence-corrected chi connectivity index (χ1v) is 6.14. The van der Waals surface area contributed by atoms with E-state index in [0.29, 0.717) is 12.5 Å². The number of nitrogens with zero attached hydrogens (tertiary/aromatic N) is 2. The van der Waals surface area contributed by atoms with Crippen LogP contribution in [-0.4, -0.2) is 29.1 Å². The molecule has 1 heterocycles. The fourth-order valence-corrected chi connectivity index (χ4v) is 1.64. The van der Waals surface area contributed by atoms with Gasteiger partial charge in [0.15, 0.2) is 0 Å². The molecule has 0 aliphatic rings. The van der Waals surface area contributed by atoms with Crippen LogP contribution in [0.4, 0.5) is 5.13 Å². The fourth-order valence-electron chi connectivity index (χ4n) is 1.03. The molecule has 15 heavy (non-hydrogen) atoms. The molecule has 1 aromatic rings. The lowest BCUT2D eigenvalue weighted by molar-refractivity contribution is 0.150. The third-order valence-corrected chi connectivity index (χ3v) is 2.51. The molecule has 0 aromatic carbocycles. The first-order chi connectivity index (χ1) is 7.22. The lowest BCUT2D eigenvalue weighted by Gasteiger charge is -2.03. The number of ether oxygens (including phenoxy) is 1. The molecule has 0 bridgehead atoms. The second-order valence-corrected chi connectivity index (χ2v) is 4.49. The van der Waals surface area contributed by atoms with Gasteiger partial charge < -0.3 is 10.1 Å². The molecule has 1 N–H and O–H groups in total. The molecule has 86 valence electrons. The maximum Gasteiger partial charge on any atom is 0.202 e. The Morgan fingerprint density at radius 3 is 2.93 bits per heavy atom. The van der Waals surface area contributed by atoms with Gasteiger partial charge in [-0.05, 0) is 12.8 Å². The van der Waals surface area contributed by atoms with Crippen LogP contribution in [0.3, 0.4) is 0 Å². The Morgan fingerprint density at radius 2 is 2.27 bits per heavy atom. The molecule has 1 aromatic heterocycles. The number of anilines is 1. The van der Waals surface area contributed by atoms with Crippen molar-refractivity contribution in [3.05, 3.63) is 5.82 Å². The summed E-state index contributed by atoms with van der Waals surface area (Å²) in [6, 6.07) is 0. The predicted molar refractivity (Wildman–Crippen MR) is 63.4 cm³/mol. The van der Waals surface area contributed by atoms with Gasteiger partial charge in [0.25, 0.3) is 0 Å². The van der Waals surface area contributed by atoms with Gasteiger partial charge in [-0.25, -0.2) is 4.98 Å². The standard InChI is InChI=1S/C10H19N3OS/c1-4-14-6-5-9-12-10(15-13-9)11-7-8(2)3/h8H,4-7H2,1-3H3,(H,11,12,13). The Bertz CT molecular complexity index is 275. The third-order valence-electron chi connectivity index (χ3n) is 1.80. The van der Waals surface area contributed by atoms with Crippen molar-refractivity contribution in [1.82, 2.24) is 9.36 Å². The molecular formula is C10H19N3OS. The molecule has 5 heteroatoms. The Labute approximate surface area is 95.2 Å². The van der Waals surface area contributed by atoms with E-state index < -0.39 is 0 Å². The van der Waals surface area contributed by atoms with E-state index in [2.05, 4.69) is 28.5 Å². The summed E-state index contributed by atoms with van der Waals surface area (Å²) >= 11 is 1.42. The highest BCUT2D eigenvalue weighted by atomic mass is 32.1. The van der Waals surface area contributed by atoms with E-state index in [1.165, 1.54) is 11.5 Å². The topological polar surface area (TPSA) is 47.0 Å². The van der Waals surface area contributed by atoms with Crippen molar-refractivity contribution in [2.24, 2.45) is 5.92 Å². The zero-order valence-electron chi connectivity index (χ0n) is 9.62. The van der Waals surface area contributed by atoms with Crippen LogP contribution in [0.15, 0.2) is 0 Å². The molecular weight excluding hydrogens is 210 g/mol. The Kier molecular flexibility index (Phi) is 5.57. The Morgan fingerprint density at radius 1 is 1.47 bits per heavy atom. The molecule has 1 rings (SSSR count). The van der Waals surface area contributed by atoms with Crippen LogP contribution in [0, 0.1) is 5.92 Å². The molecule has 0 atom stereocenters. The van der Waals surface area contributed by atoms with Crippen molar-refractivity contribution in [3.63, 3.8) is 0 Å². The zero-order chi connectivity index (χ0) is 11.1. The summed E-state index contributed by atoms with van der Waals surface area (Å²) < 4.78 is 9.50. The monoisotopic (exact) mass is 229 g/mol. The smallest absolute Gasteiger partial charge is 0.202 e. The number of nitrogens with one attached hydrogen (secondary N) is 1. The van der Waals surface area contributed by atoms with E-state index in [0.717, 1.165) is 30.5 Å². The summed E-state index contributed by atoms with van der Waals surface area (Å²) in [5.74, 6) is 1.50. The largest absolute Gasteiger partial charge is 0.381 e. The Balaban J connectivity index is 2.29. The molecule has 0 radical (unpaired) electrons. The summed E-state index contributed by atoms with van der Waals surface area (Å²) in [7, 11) is 0. The molecule has 0 unspecified atom stereocenters. The van der Waals surface area contributed by atoms with Crippen molar-refractivity contribution in [1.29, 1.82) is 0 Å². The number of rotatable bonds is 7. The molecule has 0 spiro atoms. The maximum absolute atomic E-state index is 5.25. The zero-order valence-corrected chi connectivity index (χ0v) is 10.4. The van der Waals surface area contributed by atoms with E-state index in [-0.39, 0.29) is 0 Å². The van der Waals surface area contributed by atoms with Gasteiger partial charge in [0.05, 0.1) is 6.61 Å². The predicted octanol–water partition coefficient (Wildman–Crippen LogP) is 2.19. The minimum Gasteiger partial charge on any atom is -0.381 e. The molecule has 0 saturated heterocycles.